The Kier molecular flexibility index (Phi) is 8.54. The fraction of sp³-hybridized carbons (Fsp3) is 0.414. The second kappa shape index (κ2) is 11.8. The highest BCUT2D eigenvalue weighted by Crippen LogP contribution is 2.36. The third-order valence-corrected chi connectivity index (χ3v) is 7.24. The molecular weight excluding hydrogens is 488 g/mol. The SMILES string of the molecule is CCn1nc(C(=O)N2CCCC(COc3cccc(Cl)c3)(CC(=O)N(C)Cc3ccccc3)C2)cc1C. The minimum absolute atomic E-state index is 0.0268. The average Bonchev–Trinajstić information content (AvgIpc) is 3.28. The molecule has 0 aliphatic carbocycles. The largest absolute Gasteiger partial charge is 0.493 e. The van der Waals surface area contributed by atoms with Gasteiger partial charge < -0.3 is 14.5 Å². The van der Waals surface area contributed by atoms with Gasteiger partial charge in [0.25, 0.3) is 5.91 Å². The number of carbonyl (C=O) groups is 2. The van der Waals surface area contributed by atoms with Crippen LogP contribution in [0.2, 0.25) is 5.02 Å². The van der Waals surface area contributed by atoms with Crippen molar-refractivity contribution in [1.29, 1.82) is 0 Å². The molecule has 8 heteroatoms. The highest BCUT2D eigenvalue weighted by molar-refractivity contribution is 6.30. The van der Waals surface area contributed by atoms with Crippen molar-refractivity contribution >= 4 is 23.4 Å². The lowest BCUT2D eigenvalue weighted by Gasteiger charge is -2.42. The Balaban J connectivity index is 1.53. The third-order valence-electron chi connectivity index (χ3n) is 7.00. The van der Waals surface area contributed by atoms with Crippen molar-refractivity contribution in [3.8, 4) is 5.75 Å². The summed E-state index contributed by atoms with van der Waals surface area (Å²) in [5.41, 5.74) is 1.94. The number of rotatable bonds is 9. The summed E-state index contributed by atoms with van der Waals surface area (Å²) in [5, 5.41) is 5.09. The van der Waals surface area contributed by atoms with Gasteiger partial charge in [-0.1, -0.05) is 48.0 Å². The van der Waals surface area contributed by atoms with E-state index in [4.69, 9.17) is 16.3 Å². The van der Waals surface area contributed by atoms with E-state index in [0.29, 0.717) is 49.3 Å². The molecule has 0 spiro atoms. The van der Waals surface area contributed by atoms with E-state index in [1.54, 1.807) is 17.0 Å². The number of benzene rings is 2. The van der Waals surface area contributed by atoms with Gasteiger partial charge in [0.2, 0.25) is 5.91 Å². The molecule has 0 N–H and O–H groups in total. The number of likely N-dealkylation sites (tertiary alicyclic amines) is 1. The number of amides is 2. The summed E-state index contributed by atoms with van der Waals surface area (Å²) in [7, 11) is 1.83. The molecule has 2 aromatic carbocycles. The number of piperidine rings is 1. The highest BCUT2D eigenvalue weighted by atomic mass is 35.5. The van der Waals surface area contributed by atoms with Crippen LogP contribution in [0.4, 0.5) is 0 Å². The Morgan fingerprint density at radius 2 is 1.92 bits per heavy atom. The van der Waals surface area contributed by atoms with Crippen LogP contribution in [0.5, 0.6) is 5.75 Å². The van der Waals surface area contributed by atoms with Gasteiger partial charge in [-0.2, -0.15) is 5.10 Å². The molecular formula is C29H35ClN4O3. The first-order chi connectivity index (χ1) is 17.8. The van der Waals surface area contributed by atoms with E-state index < -0.39 is 5.41 Å². The lowest BCUT2D eigenvalue weighted by molar-refractivity contribution is -0.134. The Labute approximate surface area is 224 Å². The molecule has 37 heavy (non-hydrogen) atoms. The van der Waals surface area contributed by atoms with Crippen LogP contribution < -0.4 is 4.74 Å². The number of hydrogen-bond donors (Lipinski definition) is 0. The molecule has 1 aromatic heterocycles. The number of ether oxygens (including phenoxy) is 1. The van der Waals surface area contributed by atoms with Gasteiger partial charge in [0.15, 0.2) is 5.69 Å². The monoisotopic (exact) mass is 522 g/mol. The van der Waals surface area contributed by atoms with Crippen LogP contribution in [-0.4, -0.2) is 58.1 Å². The lowest BCUT2D eigenvalue weighted by Crippen LogP contribution is -2.50. The van der Waals surface area contributed by atoms with Crippen LogP contribution in [0.1, 0.15) is 47.9 Å². The summed E-state index contributed by atoms with van der Waals surface area (Å²) < 4.78 is 8.02. The number of hydrogen-bond acceptors (Lipinski definition) is 4. The van der Waals surface area contributed by atoms with E-state index in [0.717, 1.165) is 24.1 Å². The van der Waals surface area contributed by atoms with Gasteiger partial charge in [-0.15, -0.1) is 0 Å². The molecule has 3 aromatic rings. The van der Waals surface area contributed by atoms with Crippen LogP contribution >= 0.6 is 11.6 Å². The quantitative estimate of drug-likeness (QED) is 0.386. The summed E-state index contributed by atoms with van der Waals surface area (Å²) >= 11 is 6.16. The van der Waals surface area contributed by atoms with Crippen molar-refractivity contribution in [2.24, 2.45) is 5.41 Å². The van der Waals surface area contributed by atoms with E-state index in [9.17, 15) is 9.59 Å². The summed E-state index contributed by atoms with van der Waals surface area (Å²) in [6, 6.07) is 19.0. The van der Waals surface area contributed by atoms with E-state index in [2.05, 4.69) is 5.10 Å². The first kappa shape index (κ1) is 26.7. The molecule has 1 fully saturated rings. The van der Waals surface area contributed by atoms with Crippen LogP contribution in [-0.2, 0) is 17.9 Å². The average molecular weight is 523 g/mol. The molecule has 1 unspecified atom stereocenters. The second-order valence-electron chi connectivity index (χ2n) is 9.98. The van der Waals surface area contributed by atoms with Crippen molar-refractivity contribution in [2.75, 3.05) is 26.7 Å². The molecule has 7 nitrogen and oxygen atoms in total. The zero-order chi connectivity index (χ0) is 26.4. The lowest BCUT2D eigenvalue weighted by atomic mass is 9.77. The fourth-order valence-electron chi connectivity index (χ4n) is 4.99. The van der Waals surface area contributed by atoms with Crippen molar-refractivity contribution in [1.82, 2.24) is 19.6 Å². The Morgan fingerprint density at radius 1 is 1.14 bits per heavy atom. The van der Waals surface area contributed by atoms with Gasteiger partial charge in [0, 0.05) is 55.8 Å². The maximum Gasteiger partial charge on any atom is 0.274 e. The van der Waals surface area contributed by atoms with E-state index >= 15 is 0 Å². The third kappa shape index (κ3) is 6.72. The topological polar surface area (TPSA) is 67.7 Å². The van der Waals surface area contributed by atoms with Crippen LogP contribution in [0, 0.1) is 12.3 Å². The van der Waals surface area contributed by atoms with Crippen LogP contribution in [0.15, 0.2) is 60.7 Å². The fourth-order valence-corrected chi connectivity index (χ4v) is 5.17. The van der Waals surface area contributed by atoms with Gasteiger partial charge >= 0.3 is 0 Å². The second-order valence-corrected chi connectivity index (χ2v) is 10.4. The van der Waals surface area contributed by atoms with Crippen molar-refractivity contribution in [2.45, 2.75) is 46.2 Å². The molecule has 1 atom stereocenters. The number of nitrogens with zero attached hydrogens (tertiary/aromatic N) is 4. The molecule has 0 bridgehead atoms. The smallest absolute Gasteiger partial charge is 0.274 e. The predicted molar refractivity (Wildman–Crippen MR) is 145 cm³/mol. The number of aromatic nitrogens is 2. The predicted octanol–water partition coefficient (Wildman–Crippen LogP) is 5.21. The Hall–Kier alpha value is -3.32. The van der Waals surface area contributed by atoms with Crippen LogP contribution in [0.25, 0.3) is 0 Å². The van der Waals surface area contributed by atoms with Crippen molar-refractivity contribution in [3.63, 3.8) is 0 Å². The summed E-state index contributed by atoms with van der Waals surface area (Å²) in [6.07, 6.45) is 1.85. The van der Waals surface area contributed by atoms with Gasteiger partial charge in [0.05, 0.1) is 6.61 Å². The standard InChI is InChI=1S/C29H35ClN4O3/c1-4-34-22(2)16-26(31-34)28(36)33-15-9-14-29(20-33,21-37-25-13-8-12-24(30)17-25)18-27(35)32(3)19-23-10-6-5-7-11-23/h5-8,10-13,16-17H,4,9,14-15,18-21H2,1-3H3. The molecule has 0 saturated carbocycles. The first-order valence-electron chi connectivity index (χ1n) is 12.8. The van der Waals surface area contributed by atoms with Crippen molar-refractivity contribution < 1.29 is 14.3 Å². The Bertz CT molecular complexity index is 1230. The van der Waals surface area contributed by atoms with Gasteiger partial charge in [-0.05, 0) is 56.5 Å². The minimum Gasteiger partial charge on any atom is -0.493 e. The molecule has 2 amide bonds. The molecule has 4 rings (SSSR count). The summed E-state index contributed by atoms with van der Waals surface area (Å²) in [4.78, 5) is 30.5. The number of carbonyl (C=O) groups excluding carboxylic acids is 2. The maximum absolute atomic E-state index is 13.4. The van der Waals surface area contributed by atoms with Crippen molar-refractivity contribution in [3.05, 3.63) is 82.6 Å². The van der Waals surface area contributed by atoms with E-state index in [-0.39, 0.29) is 18.2 Å². The molecule has 2 heterocycles. The zero-order valence-electron chi connectivity index (χ0n) is 21.8. The van der Waals surface area contributed by atoms with Crippen LogP contribution in [0.3, 0.4) is 0 Å². The first-order valence-corrected chi connectivity index (χ1v) is 13.2. The van der Waals surface area contributed by atoms with E-state index in [1.807, 2.05) is 79.0 Å². The normalized spacial score (nSPS) is 17.5. The molecule has 196 valence electrons. The molecule has 1 saturated heterocycles. The van der Waals surface area contributed by atoms with Gasteiger partial charge in [-0.3, -0.25) is 14.3 Å². The minimum atomic E-state index is -0.527. The van der Waals surface area contributed by atoms with E-state index in [1.165, 1.54) is 0 Å². The molecule has 1 aliphatic rings. The number of halogens is 1. The molecule has 1 aliphatic heterocycles. The van der Waals surface area contributed by atoms with Gasteiger partial charge in [0.1, 0.15) is 5.75 Å². The summed E-state index contributed by atoms with van der Waals surface area (Å²) in [6.45, 7) is 6.56. The zero-order valence-corrected chi connectivity index (χ0v) is 22.6. The van der Waals surface area contributed by atoms with Gasteiger partial charge in [-0.25, -0.2) is 0 Å². The maximum atomic E-state index is 13.4. The molecule has 0 radical (unpaired) electrons. The summed E-state index contributed by atoms with van der Waals surface area (Å²) in [5.74, 6) is 0.573. The number of aryl methyl sites for hydroxylation is 2. The highest BCUT2D eigenvalue weighted by Gasteiger charge is 2.41. The Morgan fingerprint density at radius 3 is 2.62 bits per heavy atom.